The van der Waals surface area contributed by atoms with E-state index in [4.69, 9.17) is 9.47 Å². The Bertz CT molecular complexity index is 418. The van der Waals surface area contributed by atoms with Crippen LogP contribution in [0.15, 0.2) is 28.7 Å². The molecule has 5 heteroatoms. The molecule has 0 amide bonds. The van der Waals surface area contributed by atoms with Crippen LogP contribution in [0.4, 0.5) is 5.69 Å². The Kier molecular flexibility index (Phi) is 4.60. The number of anilines is 1. The molecule has 0 radical (unpaired) electrons. The lowest BCUT2D eigenvalue weighted by Crippen LogP contribution is -2.41. The second kappa shape index (κ2) is 6.20. The van der Waals surface area contributed by atoms with E-state index in [0.717, 1.165) is 23.0 Å². The molecule has 1 aliphatic heterocycles. The maximum absolute atomic E-state index is 11.8. The number of esters is 1. The first-order chi connectivity index (χ1) is 8.70. The summed E-state index contributed by atoms with van der Waals surface area (Å²) in [6.45, 7) is 0.707. The van der Waals surface area contributed by atoms with Gasteiger partial charge in [-0.2, -0.15) is 0 Å². The zero-order valence-electron chi connectivity index (χ0n) is 10.2. The molecule has 4 nitrogen and oxygen atoms in total. The molecular formula is C13H16BrNO3. The van der Waals surface area contributed by atoms with E-state index in [1.165, 1.54) is 7.11 Å². The van der Waals surface area contributed by atoms with Gasteiger partial charge >= 0.3 is 5.97 Å². The molecule has 1 aromatic rings. The summed E-state index contributed by atoms with van der Waals surface area (Å²) in [5.74, 6) is -0.290. The molecule has 1 N–H and O–H groups in total. The summed E-state index contributed by atoms with van der Waals surface area (Å²) in [6.07, 6.45) is 1.75. The third-order valence-electron chi connectivity index (χ3n) is 2.94. The number of halogens is 1. The maximum atomic E-state index is 11.8. The summed E-state index contributed by atoms with van der Waals surface area (Å²) in [7, 11) is 1.40. The van der Waals surface area contributed by atoms with Crippen molar-refractivity contribution in [1.29, 1.82) is 0 Å². The lowest BCUT2D eigenvalue weighted by atomic mass is 10.1. The van der Waals surface area contributed by atoms with Crippen molar-refractivity contribution < 1.29 is 14.3 Å². The van der Waals surface area contributed by atoms with E-state index in [9.17, 15) is 4.79 Å². The van der Waals surface area contributed by atoms with Crippen molar-refractivity contribution >= 4 is 27.6 Å². The Labute approximate surface area is 115 Å². The van der Waals surface area contributed by atoms with Crippen molar-refractivity contribution in [3.8, 4) is 0 Å². The Balaban J connectivity index is 2.11. The van der Waals surface area contributed by atoms with Gasteiger partial charge in [-0.1, -0.05) is 22.0 Å². The zero-order valence-corrected chi connectivity index (χ0v) is 11.8. The molecule has 98 valence electrons. The standard InChI is InChI=1S/C13H16BrNO3/c1-17-13(16)12(11-6-3-7-18-11)15-10-5-2-4-9(14)8-10/h2,4-5,8,11-12,15H,3,6-7H2,1H3. The number of hydrogen-bond donors (Lipinski definition) is 1. The Hall–Kier alpha value is -1.07. The average molecular weight is 314 g/mol. The van der Waals surface area contributed by atoms with Crippen LogP contribution < -0.4 is 5.32 Å². The van der Waals surface area contributed by atoms with Gasteiger partial charge in [-0.3, -0.25) is 0 Å². The molecule has 0 aromatic heterocycles. The molecule has 1 aromatic carbocycles. The smallest absolute Gasteiger partial charge is 0.331 e. The van der Waals surface area contributed by atoms with Gasteiger partial charge in [0.05, 0.1) is 13.2 Å². The van der Waals surface area contributed by atoms with Crippen LogP contribution in [0, 0.1) is 0 Å². The van der Waals surface area contributed by atoms with Gasteiger partial charge in [0.15, 0.2) is 6.04 Å². The third-order valence-corrected chi connectivity index (χ3v) is 3.43. The fourth-order valence-electron chi connectivity index (χ4n) is 2.05. The van der Waals surface area contributed by atoms with Crippen molar-refractivity contribution in [3.63, 3.8) is 0 Å². The van der Waals surface area contributed by atoms with Crippen molar-refractivity contribution in [2.45, 2.75) is 25.0 Å². The number of carbonyl (C=O) groups excluding carboxylic acids is 1. The summed E-state index contributed by atoms with van der Waals surface area (Å²) in [4.78, 5) is 11.8. The minimum Gasteiger partial charge on any atom is -0.467 e. The molecule has 1 aliphatic rings. The molecule has 1 heterocycles. The third kappa shape index (κ3) is 3.23. The SMILES string of the molecule is COC(=O)C(Nc1cccc(Br)c1)C1CCCO1. The fraction of sp³-hybridized carbons (Fsp3) is 0.462. The highest BCUT2D eigenvalue weighted by atomic mass is 79.9. The fourth-order valence-corrected chi connectivity index (χ4v) is 2.45. The van der Waals surface area contributed by atoms with Gasteiger partial charge < -0.3 is 14.8 Å². The molecule has 1 saturated heterocycles. The summed E-state index contributed by atoms with van der Waals surface area (Å²) in [5.41, 5.74) is 0.871. The van der Waals surface area contributed by atoms with Crippen LogP contribution in [0.2, 0.25) is 0 Å². The van der Waals surface area contributed by atoms with Crippen LogP contribution in [0.5, 0.6) is 0 Å². The highest BCUT2D eigenvalue weighted by Crippen LogP contribution is 2.22. The van der Waals surface area contributed by atoms with E-state index in [2.05, 4.69) is 21.2 Å². The minimum absolute atomic E-state index is 0.114. The van der Waals surface area contributed by atoms with Crippen LogP contribution in [0.25, 0.3) is 0 Å². The minimum atomic E-state index is -0.452. The van der Waals surface area contributed by atoms with E-state index in [0.29, 0.717) is 6.61 Å². The largest absolute Gasteiger partial charge is 0.467 e. The molecule has 2 unspecified atom stereocenters. The molecule has 1 fully saturated rings. The first kappa shape index (κ1) is 13.4. The predicted molar refractivity (Wildman–Crippen MR) is 72.5 cm³/mol. The number of carbonyl (C=O) groups is 1. The summed E-state index contributed by atoms with van der Waals surface area (Å²) >= 11 is 3.40. The highest BCUT2D eigenvalue weighted by Gasteiger charge is 2.32. The quantitative estimate of drug-likeness (QED) is 0.868. The van der Waals surface area contributed by atoms with Gasteiger partial charge in [0.25, 0.3) is 0 Å². The second-order valence-corrected chi connectivity index (χ2v) is 5.12. The highest BCUT2D eigenvalue weighted by molar-refractivity contribution is 9.10. The number of rotatable bonds is 4. The van der Waals surface area contributed by atoms with Gasteiger partial charge in [0.1, 0.15) is 0 Å². The van der Waals surface area contributed by atoms with Crippen LogP contribution in [-0.4, -0.2) is 31.8 Å². The summed E-state index contributed by atoms with van der Waals surface area (Å²) in [5, 5.41) is 3.18. The Morgan fingerprint density at radius 2 is 2.44 bits per heavy atom. The predicted octanol–water partition coefficient (Wildman–Crippen LogP) is 2.58. The van der Waals surface area contributed by atoms with E-state index < -0.39 is 6.04 Å². The van der Waals surface area contributed by atoms with Crippen molar-refractivity contribution in [2.75, 3.05) is 19.0 Å². The van der Waals surface area contributed by atoms with Crippen LogP contribution in [-0.2, 0) is 14.3 Å². The van der Waals surface area contributed by atoms with E-state index in [-0.39, 0.29) is 12.1 Å². The average Bonchev–Trinajstić information content (AvgIpc) is 2.89. The molecule has 0 spiro atoms. The summed E-state index contributed by atoms with van der Waals surface area (Å²) < 4.78 is 11.4. The van der Waals surface area contributed by atoms with Gasteiger partial charge in [-0.05, 0) is 31.0 Å². The lowest BCUT2D eigenvalue weighted by Gasteiger charge is -2.22. The molecule has 0 saturated carbocycles. The van der Waals surface area contributed by atoms with E-state index in [1.807, 2.05) is 24.3 Å². The summed E-state index contributed by atoms with van der Waals surface area (Å²) in [6, 6.07) is 7.23. The Morgan fingerprint density at radius 1 is 1.61 bits per heavy atom. The van der Waals surface area contributed by atoms with E-state index >= 15 is 0 Å². The monoisotopic (exact) mass is 313 g/mol. The number of hydrogen-bond acceptors (Lipinski definition) is 4. The maximum Gasteiger partial charge on any atom is 0.331 e. The van der Waals surface area contributed by atoms with Gasteiger partial charge in [0.2, 0.25) is 0 Å². The number of benzene rings is 1. The molecule has 0 aliphatic carbocycles. The van der Waals surface area contributed by atoms with Crippen LogP contribution >= 0.6 is 15.9 Å². The molecule has 2 rings (SSSR count). The van der Waals surface area contributed by atoms with Gasteiger partial charge in [-0.15, -0.1) is 0 Å². The Morgan fingerprint density at radius 3 is 3.06 bits per heavy atom. The second-order valence-electron chi connectivity index (χ2n) is 4.21. The van der Waals surface area contributed by atoms with Crippen LogP contribution in [0.3, 0.4) is 0 Å². The van der Waals surface area contributed by atoms with Gasteiger partial charge in [-0.25, -0.2) is 4.79 Å². The number of ether oxygens (including phenoxy) is 2. The molecular weight excluding hydrogens is 298 g/mol. The zero-order chi connectivity index (χ0) is 13.0. The molecule has 18 heavy (non-hydrogen) atoms. The molecule has 2 atom stereocenters. The first-order valence-corrected chi connectivity index (χ1v) is 6.71. The van der Waals surface area contributed by atoms with Crippen molar-refractivity contribution in [1.82, 2.24) is 0 Å². The van der Waals surface area contributed by atoms with E-state index in [1.54, 1.807) is 0 Å². The van der Waals surface area contributed by atoms with Crippen molar-refractivity contribution in [2.24, 2.45) is 0 Å². The normalized spacial score (nSPS) is 20.4. The molecule has 0 bridgehead atoms. The first-order valence-electron chi connectivity index (χ1n) is 5.92. The van der Waals surface area contributed by atoms with Crippen molar-refractivity contribution in [3.05, 3.63) is 28.7 Å². The van der Waals surface area contributed by atoms with Gasteiger partial charge in [0, 0.05) is 16.8 Å². The van der Waals surface area contributed by atoms with Crippen LogP contribution in [0.1, 0.15) is 12.8 Å². The number of methoxy groups -OCH3 is 1. The number of nitrogens with one attached hydrogen (secondary N) is 1. The lowest BCUT2D eigenvalue weighted by molar-refractivity contribution is -0.144. The topological polar surface area (TPSA) is 47.6 Å².